The number of nitrogens with one attached hydrogen (secondary N) is 2. The van der Waals surface area contributed by atoms with Crippen molar-refractivity contribution in [3.8, 4) is 0 Å². The molecule has 2 amide bonds. The van der Waals surface area contributed by atoms with Gasteiger partial charge in [0.2, 0.25) is 5.91 Å². The van der Waals surface area contributed by atoms with Crippen molar-refractivity contribution in [3.63, 3.8) is 0 Å². The van der Waals surface area contributed by atoms with Gasteiger partial charge in [-0.25, -0.2) is 5.43 Å². The SMILES string of the molecule is CC(=NNC(=O)Cc1ccccc1)c1ccc(NC(=O)c2cccs2)cc1. The fraction of sp³-hybridized carbons (Fsp3) is 0.0952. The normalized spacial score (nSPS) is 11.1. The van der Waals surface area contributed by atoms with Gasteiger partial charge in [-0.3, -0.25) is 9.59 Å². The second kappa shape index (κ2) is 8.91. The van der Waals surface area contributed by atoms with Crippen LogP contribution in [0.2, 0.25) is 0 Å². The van der Waals surface area contributed by atoms with Gasteiger partial charge in [0.25, 0.3) is 5.91 Å². The van der Waals surface area contributed by atoms with E-state index in [-0.39, 0.29) is 18.2 Å². The van der Waals surface area contributed by atoms with E-state index >= 15 is 0 Å². The van der Waals surface area contributed by atoms with Gasteiger partial charge in [0.1, 0.15) is 0 Å². The Morgan fingerprint density at radius 2 is 1.70 bits per heavy atom. The lowest BCUT2D eigenvalue weighted by molar-refractivity contribution is -0.120. The van der Waals surface area contributed by atoms with Crippen LogP contribution in [0.1, 0.15) is 27.7 Å². The predicted octanol–water partition coefficient (Wildman–Crippen LogP) is 4.08. The van der Waals surface area contributed by atoms with Crippen LogP contribution in [-0.2, 0) is 11.2 Å². The number of thiophene rings is 1. The molecule has 0 bridgehead atoms. The number of hydrogen-bond acceptors (Lipinski definition) is 4. The standard InChI is InChI=1S/C21H19N3O2S/c1-15(23-24-20(25)14-16-6-3-2-4-7-16)17-9-11-18(12-10-17)22-21(26)19-8-5-13-27-19/h2-13H,14H2,1H3,(H,22,26)(H,24,25). The average Bonchev–Trinajstić information content (AvgIpc) is 3.22. The fourth-order valence-electron chi connectivity index (χ4n) is 2.43. The number of hydrazone groups is 1. The van der Waals surface area contributed by atoms with Gasteiger partial charge in [-0.1, -0.05) is 48.5 Å². The molecule has 2 aromatic carbocycles. The molecule has 0 saturated carbocycles. The van der Waals surface area contributed by atoms with E-state index in [0.717, 1.165) is 11.1 Å². The summed E-state index contributed by atoms with van der Waals surface area (Å²) in [5, 5.41) is 8.87. The van der Waals surface area contributed by atoms with E-state index in [0.29, 0.717) is 16.3 Å². The topological polar surface area (TPSA) is 70.6 Å². The van der Waals surface area contributed by atoms with Gasteiger partial charge in [0, 0.05) is 5.69 Å². The Hall–Kier alpha value is -3.25. The monoisotopic (exact) mass is 377 g/mol. The molecule has 5 nitrogen and oxygen atoms in total. The first-order chi connectivity index (χ1) is 13.1. The largest absolute Gasteiger partial charge is 0.321 e. The zero-order valence-electron chi connectivity index (χ0n) is 14.8. The molecule has 27 heavy (non-hydrogen) atoms. The highest BCUT2D eigenvalue weighted by Gasteiger charge is 2.07. The van der Waals surface area contributed by atoms with Gasteiger partial charge >= 0.3 is 0 Å². The number of benzene rings is 2. The smallest absolute Gasteiger partial charge is 0.265 e. The Morgan fingerprint density at radius 1 is 0.963 bits per heavy atom. The van der Waals surface area contributed by atoms with Crippen molar-refractivity contribution in [2.45, 2.75) is 13.3 Å². The third-order valence-corrected chi connectivity index (χ3v) is 4.73. The zero-order chi connectivity index (χ0) is 19.1. The van der Waals surface area contributed by atoms with E-state index in [9.17, 15) is 9.59 Å². The van der Waals surface area contributed by atoms with Crippen molar-refractivity contribution in [2.24, 2.45) is 5.10 Å². The van der Waals surface area contributed by atoms with E-state index in [1.54, 1.807) is 6.07 Å². The Morgan fingerprint density at radius 3 is 2.37 bits per heavy atom. The first kappa shape index (κ1) is 18.5. The molecule has 0 unspecified atom stereocenters. The number of nitrogens with zero attached hydrogens (tertiary/aromatic N) is 1. The summed E-state index contributed by atoms with van der Waals surface area (Å²) in [5.74, 6) is -0.295. The molecular weight excluding hydrogens is 358 g/mol. The molecule has 0 aliphatic heterocycles. The maximum Gasteiger partial charge on any atom is 0.265 e. The minimum Gasteiger partial charge on any atom is -0.321 e. The molecule has 0 aliphatic carbocycles. The number of rotatable bonds is 6. The van der Waals surface area contributed by atoms with E-state index in [1.807, 2.05) is 73.0 Å². The lowest BCUT2D eigenvalue weighted by Crippen LogP contribution is -2.21. The van der Waals surface area contributed by atoms with Gasteiger partial charge in [-0.15, -0.1) is 11.3 Å². The van der Waals surface area contributed by atoms with Crippen molar-refractivity contribution in [1.29, 1.82) is 0 Å². The first-order valence-corrected chi connectivity index (χ1v) is 9.32. The Bertz CT molecular complexity index is 933. The minimum absolute atomic E-state index is 0.128. The molecule has 0 saturated heterocycles. The Labute approximate surface area is 161 Å². The maximum absolute atomic E-state index is 12.0. The van der Waals surface area contributed by atoms with Crippen LogP contribution in [0.4, 0.5) is 5.69 Å². The molecule has 6 heteroatoms. The van der Waals surface area contributed by atoms with Crippen molar-refractivity contribution in [2.75, 3.05) is 5.32 Å². The summed E-state index contributed by atoms with van der Waals surface area (Å²) in [4.78, 5) is 24.7. The summed E-state index contributed by atoms with van der Waals surface area (Å²) in [5.41, 5.74) is 5.77. The summed E-state index contributed by atoms with van der Waals surface area (Å²) in [7, 11) is 0. The highest BCUT2D eigenvalue weighted by molar-refractivity contribution is 7.12. The summed E-state index contributed by atoms with van der Waals surface area (Å²) in [6, 6.07) is 20.5. The average molecular weight is 377 g/mol. The maximum atomic E-state index is 12.0. The van der Waals surface area contributed by atoms with Gasteiger partial charge < -0.3 is 5.32 Å². The Balaban J connectivity index is 1.56. The van der Waals surface area contributed by atoms with Crippen LogP contribution in [0.5, 0.6) is 0 Å². The predicted molar refractivity (Wildman–Crippen MR) is 109 cm³/mol. The number of anilines is 1. The molecule has 1 aromatic heterocycles. The lowest BCUT2D eigenvalue weighted by Gasteiger charge is -2.06. The van der Waals surface area contributed by atoms with Crippen LogP contribution < -0.4 is 10.7 Å². The summed E-state index contributed by atoms with van der Waals surface area (Å²) < 4.78 is 0. The molecule has 2 N–H and O–H groups in total. The highest BCUT2D eigenvalue weighted by Crippen LogP contribution is 2.14. The third kappa shape index (κ3) is 5.36. The number of hydrogen-bond donors (Lipinski definition) is 2. The van der Waals surface area contributed by atoms with Crippen LogP contribution >= 0.6 is 11.3 Å². The highest BCUT2D eigenvalue weighted by atomic mass is 32.1. The summed E-state index contributed by atoms with van der Waals surface area (Å²) in [6.07, 6.45) is 0.283. The molecule has 3 rings (SSSR count). The molecule has 0 radical (unpaired) electrons. The number of carbonyl (C=O) groups is 2. The van der Waals surface area contributed by atoms with Crippen molar-refractivity contribution in [3.05, 3.63) is 88.1 Å². The molecule has 3 aromatic rings. The van der Waals surface area contributed by atoms with E-state index < -0.39 is 0 Å². The zero-order valence-corrected chi connectivity index (χ0v) is 15.6. The van der Waals surface area contributed by atoms with Crippen molar-refractivity contribution >= 4 is 34.6 Å². The number of amides is 2. The van der Waals surface area contributed by atoms with Crippen molar-refractivity contribution in [1.82, 2.24) is 5.43 Å². The summed E-state index contributed by atoms with van der Waals surface area (Å²) >= 11 is 1.40. The molecule has 0 atom stereocenters. The van der Waals surface area contributed by atoms with Gasteiger partial charge in [-0.05, 0) is 41.6 Å². The Kier molecular flexibility index (Phi) is 6.12. The minimum atomic E-state index is -0.166. The van der Waals surface area contributed by atoms with E-state index in [2.05, 4.69) is 15.8 Å². The van der Waals surface area contributed by atoms with E-state index in [1.165, 1.54) is 11.3 Å². The van der Waals surface area contributed by atoms with Crippen LogP contribution in [0, 0.1) is 0 Å². The quantitative estimate of drug-likeness (QED) is 0.502. The summed E-state index contributed by atoms with van der Waals surface area (Å²) in [6.45, 7) is 1.82. The third-order valence-electron chi connectivity index (χ3n) is 3.86. The van der Waals surface area contributed by atoms with Gasteiger partial charge in [-0.2, -0.15) is 5.10 Å². The fourth-order valence-corrected chi connectivity index (χ4v) is 3.05. The molecule has 1 heterocycles. The molecule has 0 spiro atoms. The second-order valence-electron chi connectivity index (χ2n) is 5.90. The van der Waals surface area contributed by atoms with Crippen LogP contribution in [-0.4, -0.2) is 17.5 Å². The molecule has 0 aliphatic rings. The molecular formula is C21H19N3O2S. The second-order valence-corrected chi connectivity index (χ2v) is 6.85. The van der Waals surface area contributed by atoms with E-state index in [4.69, 9.17) is 0 Å². The number of carbonyl (C=O) groups excluding carboxylic acids is 2. The molecule has 136 valence electrons. The first-order valence-electron chi connectivity index (χ1n) is 8.44. The van der Waals surface area contributed by atoms with Crippen LogP contribution in [0.25, 0.3) is 0 Å². The van der Waals surface area contributed by atoms with Crippen LogP contribution in [0.15, 0.2) is 77.2 Å². The lowest BCUT2D eigenvalue weighted by atomic mass is 10.1. The van der Waals surface area contributed by atoms with Gasteiger partial charge in [0.05, 0.1) is 17.0 Å². The van der Waals surface area contributed by atoms with Crippen LogP contribution in [0.3, 0.4) is 0 Å². The molecule has 0 fully saturated rings. The van der Waals surface area contributed by atoms with Gasteiger partial charge in [0.15, 0.2) is 0 Å². The van der Waals surface area contributed by atoms with Crippen molar-refractivity contribution < 1.29 is 9.59 Å².